The van der Waals surface area contributed by atoms with Crippen molar-refractivity contribution in [2.24, 2.45) is 5.92 Å². The van der Waals surface area contributed by atoms with Crippen LogP contribution in [0.1, 0.15) is 30.9 Å². The standard InChI is InChI=1S/C21H21N3O3/c1-13-7-10-17(23-21(26)15-8-9-15)11-18(13)24-20(25)14(2)27-19-6-4-3-5-16(19)12-22/h3-7,10-11,14-15H,8-9H2,1-2H3,(H,23,26)(H,24,25). The maximum Gasteiger partial charge on any atom is 0.265 e. The molecule has 0 saturated heterocycles. The van der Waals surface area contributed by atoms with E-state index >= 15 is 0 Å². The molecule has 0 radical (unpaired) electrons. The zero-order valence-electron chi connectivity index (χ0n) is 15.3. The minimum absolute atomic E-state index is 0.0148. The first-order valence-electron chi connectivity index (χ1n) is 8.86. The van der Waals surface area contributed by atoms with Crippen LogP contribution in [0.15, 0.2) is 42.5 Å². The van der Waals surface area contributed by atoms with Crippen molar-refractivity contribution in [1.82, 2.24) is 0 Å². The van der Waals surface area contributed by atoms with Gasteiger partial charge < -0.3 is 15.4 Å². The van der Waals surface area contributed by atoms with Gasteiger partial charge in [0, 0.05) is 17.3 Å². The molecule has 6 nitrogen and oxygen atoms in total. The SMILES string of the molecule is Cc1ccc(NC(=O)C2CC2)cc1NC(=O)C(C)Oc1ccccc1C#N. The minimum atomic E-state index is -0.788. The van der Waals surface area contributed by atoms with Crippen molar-refractivity contribution in [2.75, 3.05) is 10.6 Å². The van der Waals surface area contributed by atoms with Crippen LogP contribution in [0.4, 0.5) is 11.4 Å². The molecule has 1 aliphatic carbocycles. The Balaban J connectivity index is 1.67. The largest absolute Gasteiger partial charge is 0.480 e. The number of nitrogens with one attached hydrogen (secondary N) is 2. The summed E-state index contributed by atoms with van der Waals surface area (Å²) in [6.45, 7) is 3.50. The van der Waals surface area contributed by atoms with Crippen LogP contribution in [-0.2, 0) is 9.59 Å². The van der Waals surface area contributed by atoms with Gasteiger partial charge in [-0.15, -0.1) is 0 Å². The van der Waals surface area contributed by atoms with Crippen molar-refractivity contribution in [2.45, 2.75) is 32.8 Å². The number of hydrogen-bond acceptors (Lipinski definition) is 4. The van der Waals surface area contributed by atoms with E-state index in [1.54, 1.807) is 37.3 Å². The first-order chi connectivity index (χ1) is 13.0. The van der Waals surface area contributed by atoms with E-state index in [9.17, 15) is 9.59 Å². The third kappa shape index (κ3) is 4.64. The lowest BCUT2D eigenvalue weighted by atomic mass is 10.1. The van der Waals surface area contributed by atoms with E-state index in [1.165, 1.54) is 0 Å². The number of ether oxygens (including phenoxy) is 1. The van der Waals surface area contributed by atoms with Gasteiger partial charge in [-0.05, 0) is 56.5 Å². The fraction of sp³-hybridized carbons (Fsp3) is 0.286. The first-order valence-corrected chi connectivity index (χ1v) is 8.86. The van der Waals surface area contributed by atoms with Crippen LogP contribution >= 0.6 is 0 Å². The summed E-state index contributed by atoms with van der Waals surface area (Å²) in [5, 5.41) is 14.8. The number of nitriles is 1. The zero-order valence-corrected chi connectivity index (χ0v) is 15.3. The van der Waals surface area contributed by atoms with Gasteiger partial charge in [0.25, 0.3) is 5.91 Å². The Morgan fingerprint density at radius 1 is 1.19 bits per heavy atom. The van der Waals surface area contributed by atoms with Gasteiger partial charge in [0.05, 0.1) is 5.56 Å². The smallest absolute Gasteiger partial charge is 0.265 e. The first kappa shape index (κ1) is 18.5. The lowest BCUT2D eigenvalue weighted by Crippen LogP contribution is -2.30. The number of carbonyl (C=O) groups is 2. The molecule has 2 aromatic rings. The van der Waals surface area contributed by atoms with Crippen LogP contribution < -0.4 is 15.4 Å². The average Bonchev–Trinajstić information content (AvgIpc) is 3.50. The van der Waals surface area contributed by atoms with Crippen molar-refractivity contribution >= 4 is 23.2 Å². The number of benzene rings is 2. The Bertz CT molecular complexity index is 913. The Labute approximate surface area is 158 Å². The van der Waals surface area contributed by atoms with Crippen LogP contribution in [-0.4, -0.2) is 17.9 Å². The highest BCUT2D eigenvalue weighted by Crippen LogP contribution is 2.31. The molecule has 0 aliphatic heterocycles. The van der Waals surface area contributed by atoms with Crippen LogP contribution in [0, 0.1) is 24.2 Å². The molecule has 0 aromatic heterocycles. The Hall–Kier alpha value is -3.33. The van der Waals surface area contributed by atoms with Gasteiger partial charge >= 0.3 is 0 Å². The summed E-state index contributed by atoms with van der Waals surface area (Å²) in [6.07, 6.45) is 1.07. The van der Waals surface area contributed by atoms with Gasteiger partial charge in [0.1, 0.15) is 11.8 Å². The van der Waals surface area contributed by atoms with Gasteiger partial charge in [0.2, 0.25) is 5.91 Å². The van der Waals surface area contributed by atoms with E-state index in [4.69, 9.17) is 10.00 Å². The highest BCUT2D eigenvalue weighted by Gasteiger charge is 2.29. The summed E-state index contributed by atoms with van der Waals surface area (Å²) < 4.78 is 5.64. The summed E-state index contributed by atoms with van der Waals surface area (Å²) >= 11 is 0. The molecule has 2 amide bonds. The number of rotatable bonds is 6. The van der Waals surface area contributed by atoms with Crippen LogP contribution in [0.3, 0.4) is 0 Å². The molecule has 2 N–H and O–H groups in total. The molecule has 6 heteroatoms. The summed E-state index contributed by atoms with van der Waals surface area (Å²) in [7, 11) is 0. The number of amides is 2. The maximum absolute atomic E-state index is 12.5. The number of anilines is 2. The second kappa shape index (κ2) is 7.92. The molecule has 1 fully saturated rings. The highest BCUT2D eigenvalue weighted by molar-refractivity contribution is 5.97. The second-order valence-corrected chi connectivity index (χ2v) is 6.65. The predicted molar refractivity (Wildman–Crippen MR) is 102 cm³/mol. The second-order valence-electron chi connectivity index (χ2n) is 6.65. The van der Waals surface area contributed by atoms with Gasteiger partial charge in [-0.25, -0.2) is 0 Å². The highest BCUT2D eigenvalue weighted by atomic mass is 16.5. The lowest BCUT2D eigenvalue weighted by molar-refractivity contribution is -0.122. The number of nitrogens with zero attached hydrogens (tertiary/aromatic N) is 1. The molecule has 1 saturated carbocycles. The Morgan fingerprint density at radius 2 is 1.93 bits per heavy atom. The molecular weight excluding hydrogens is 342 g/mol. The molecule has 3 rings (SSSR count). The van der Waals surface area contributed by atoms with E-state index in [-0.39, 0.29) is 17.7 Å². The average molecular weight is 363 g/mol. The summed E-state index contributed by atoms with van der Waals surface area (Å²) in [4.78, 5) is 24.4. The third-order valence-electron chi connectivity index (χ3n) is 4.39. The lowest BCUT2D eigenvalue weighted by Gasteiger charge is -2.17. The topological polar surface area (TPSA) is 91.2 Å². The normalized spacial score (nSPS) is 14.0. The van der Waals surface area contributed by atoms with Gasteiger partial charge in [-0.2, -0.15) is 5.26 Å². The van der Waals surface area contributed by atoms with Crippen LogP contribution in [0.5, 0.6) is 5.75 Å². The predicted octanol–water partition coefficient (Wildman–Crippen LogP) is 3.62. The van der Waals surface area contributed by atoms with Gasteiger partial charge in [-0.1, -0.05) is 18.2 Å². The van der Waals surface area contributed by atoms with Crippen LogP contribution in [0.2, 0.25) is 0 Å². The molecule has 0 spiro atoms. The number of hydrogen-bond donors (Lipinski definition) is 2. The number of para-hydroxylation sites is 1. The van der Waals surface area contributed by atoms with E-state index in [1.807, 2.05) is 25.1 Å². The molecule has 0 heterocycles. The monoisotopic (exact) mass is 363 g/mol. The molecule has 1 atom stereocenters. The quantitative estimate of drug-likeness (QED) is 0.820. The van der Waals surface area contributed by atoms with Gasteiger partial charge in [0.15, 0.2) is 6.10 Å². The van der Waals surface area contributed by atoms with Crippen molar-refractivity contribution in [3.63, 3.8) is 0 Å². The zero-order chi connectivity index (χ0) is 19.4. The van der Waals surface area contributed by atoms with Crippen molar-refractivity contribution < 1.29 is 14.3 Å². The van der Waals surface area contributed by atoms with E-state index in [0.717, 1.165) is 18.4 Å². The molecule has 0 bridgehead atoms. The Kier molecular flexibility index (Phi) is 5.41. The summed E-state index contributed by atoms with van der Waals surface area (Å²) in [6, 6.07) is 14.2. The molecule has 2 aromatic carbocycles. The van der Waals surface area contributed by atoms with E-state index in [0.29, 0.717) is 22.7 Å². The van der Waals surface area contributed by atoms with Crippen molar-refractivity contribution in [3.05, 3.63) is 53.6 Å². The fourth-order valence-corrected chi connectivity index (χ4v) is 2.56. The molecule has 1 aliphatic rings. The minimum Gasteiger partial charge on any atom is -0.480 e. The Morgan fingerprint density at radius 3 is 2.63 bits per heavy atom. The third-order valence-corrected chi connectivity index (χ3v) is 4.39. The number of carbonyl (C=O) groups excluding carboxylic acids is 2. The maximum atomic E-state index is 12.5. The van der Waals surface area contributed by atoms with Gasteiger partial charge in [-0.3, -0.25) is 9.59 Å². The van der Waals surface area contributed by atoms with Crippen LogP contribution in [0.25, 0.3) is 0 Å². The summed E-state index contributed by atoms with van der Waals surface area (Å²) in [5.74, 6) is 0.153. The fourth-order valence-electron chi connectivity index (χ4n) is 2.56. The number of aryl methyl sites for hydroxylation is 1. The van der Waals surface area contributed by atoms with Crippen molar-refractivity contribution in [1.29, 1.82) is 5.26 Å². The molecular formula is C21H21N3O3. The molecule has 138 valence electrons. The van der Waals surface area contributed by atoms with E-state index in [2.05, 4.69) is 10.6 Å². The molecule has 27 heavy (non-hydrogen) atoms. The van der Waals surface area contributed by atoms with E-state index < -0.39 is 6.10 Å². The molecule has 1 unspecified atom stereocenters. The summed E-state index contributed by atoms with van der Waals surface area (Å²) in [5.41, 5.74) is 2.50. The van der Waals surface area contributed by atoms with Crippen molar-refractivity contribution in [3.8, 4) is 11.8 Å².